The lowest BCUT2D eigenvalue weighted by Gasteiger charge is -2.36. The first-order valence-electron chi connectivity index (χ1n) is 11.2. The van der Waals surface area contributed by atoms with Gasteiger partial charge in [0.05, 0.1) is 5.69 Å². The van der Waals surface area contributed by atoms with Crippen molar-refractivity contribution in [3.8, 4) is 22.0 Å². The van der Waals surface area contributed by atoms with Crippen molar-refractivity contribution in [2.24, 2.45) is 0 Å². The number of ether oxygens (including phenoxy) is 1. The van der Waals surface area contributed by atoms with Crippen LogP contribution in [-0.4, -0.2) is 40.8 Å². The number of rotatable bonds is 6. The summed E-state index contributed by atoms with van der Waals surface area (Å²) in [6, 6.07) is 16.0. The van der Waals surface area contributed by atoms with Crippen LogP contribution < -0.4 is 5.32 Å². The minimum absolute atomic E-state index is 0.242. The molecule has 0 saturated carbocycles. The van der Waals surface area contributed by atoms with Crippen molar-refractivity contribution in [2.75, 3.05) is 19.8 Å². The number of nitrogens with one attached hydrogen (secondary N) is 1. The lowest BCUT2D eigenvalue weighted by Crippen LogP contribution is -2.44. The number of hydrogen-bond acceptors (Lipinski definition) is 7. The van der Waals surface area contributed by atoms with Gasteiger partial charge in [0.2, 0.25) is 5.82 Å². The van der Waals surface area contributed by atoms with Crippen molar-refractivity contribution in [2.45, 2.75) is 24.4 Å². The molecule has 1 saturated heterocycles. The average Bonchev–Trinajstić information content (AvgIpc) is 3.60. The second-order valence-electron chi connectivity index (χ2n) is 8.48. The Kier molecular flexibility index (Phi) is 6.59. The van der Waals surface area contributed by atoms with Gasteiger partial charge in [-0.2, -0.15) is 18.2 Å². The van der Waals surface area contributed by atoms with Crippen LogP contribution in [0.4, 0.5) is 13.2 Å². The van der Waals surface area contributed by atoms with E-state index in [0.29, 0.717) is 32.6 Å². The molecule has 1 amide bonds. The van der Waals surface area contributed by atoms with E-state index in [0.717, 1.165) is 16.3 Å². The lowest BCUT2D eigenvalue weighted by molar-refractivity contribution is -0.159. The molecule has 5 rings (SSSR count). The molecule has 1 fully saturated rings. The van der Waals surface area contributed by atoms with Gasteiger partial charge in [0.15, 0.2) is 0 Å². The Hall–Kier alpha value is -3.57. The number of carbonyl (C=O) groups is 1. The predicted molar refractivity (Wildman–Crippen MR) is 126 cm³/mol. The number of thiazole rings is 1. The number of aromatic nitrogens is 3. The summed E-state index contributed by atoms with van der Waals surface area (Å²) in [7, 11) is 0. The van der Waals surface area contributed by atoms with E-state index < -0.39 is 12.1 Å². The highest BCUT2D eigenvalue weighted by molar-refractivity contribution is 7.13. The van der Waals surface area contributed by atoms with Gasteiger partial charge in [0.1, 0.15) is 5.01 Å². The maximum Gasteiger partial charge on any atom is 0.471 e. The maximum absolute atomic E-state index is 13.0. The van der Waals surface area contributed by atoms with Crippen LogP contribution in [0.3, 0.4) is 0 Å². The molecule has 3 heterocycles. The molecular weight excluding hydrogens is 493 g/mol. The normalized spacial score (nSPS) is 15.5. The van der Waals surface area contributed by atoms with Crippen LogP contribution in [-0.2, 0) is 16.3 Å². The van der Waals surface area contributed by atoms with Crippen molar-refractivity contribution in [3.63, 3.8) is 0 Å². The number of nitrogens with zero attached hydrogens (tertiary/aromatic N) is 3. The van der Waals surface area contributed by atoms with Crippen LogP contribution in [0.25, 0.3) is 22.0 Å². The third-order valence-electron chi connectivity index (χ3n) is 6.16. The number of carbonyl (C=O) groups excluding carboxylic acids is 1. The summed E-state index contributed by atoms with van der Waals surface area (Å²) in [6.45, 7) is 1.46. The molecule has 2 aromatic carbocycles. The van der Waals surface area contributed by atoms with E-state index >= 15 is 0 Å². The van der Waals surface area contributed by atoms with E-state index in [2.05, 4.69) is 20.0 Å². The molecule has 11 heteroatoms. The molecule has 2 aromatic heterocycles. The Morgan fingerprint density at radius 2 is 1.78 bits per heavy atom. The Morgan fingerprint density at radius 3 is 2.50 bits per heavy atom. The van der Waals surface area contributed by atoms with Crippen molar-refractivity contribution in [1.29, 1.82) is 0 Å². The first kappa shape index (κ1) is 24.1. The topological polar surface area (TPSA) is 90.1 Å². The monoisotopic (exact) mass is 514 g/mol. The summed E-state index contributed by atoms with van der Waals surface area (Å²) in [6.07, 6.45) is -3.34. The lowest BCUT2D eigenvalue weighted by atomic mass is 9.77. The number of amides is 1. The SMILES string of the molecule is O=C(NCC1(c2csc(-c3ccccc3)n2)CCOCC1)c1cccc(-c2noc(C(F)(F)F)n2)c1. The summed E-state index contributed by atoms with van der Waals surface area (Å²) < 4.78 is 48.3. The van der Waals surface area contributed by atoms with Gasteiger partial charge in [-0.1, -0.05) is 47.6 Å². The van der Waals surface area contributed by atoms with Gasteiger partial charge in [-0.05, 0) is 25.0 Å². The van der Waals surface area contributed by atoms with Gasteiger partial charge >= 0.3 is 12.1 Å². The third-order valence-corrected chi connectivity index (χ3v) is 7.05. The van der Waals surface area contributed by atoms with Crippen molar-refractivity contribution >= 4 is 17.2 Å². The number of hydrogen-bond donors (Lipinski definition) is 1. The van der Waals surface area contributed by atoms with Crippen LogP contribution in [0, 0.1) is 0 Å². The zero-order chi connectivity index (χ0) is 25.2. The molecule has 7 nitrogen and oxygen atoms in total. The van der Waals surface area contributed by atoms with Crippen LogP contribution in [0.1, 0.15) is 34.8 Å². The van der Waals surface area contributed by atoms with E-state index in [1.165, 1.54) is 12.1 Å². The van der Waals surface area contributed by atoms with Crippen LogP contribution >= 0.6 is 11.3 Å². The number of benzene rings is 2. The quantitative estimate of drug-likeness (QED) is 0.373. The highest BCUT2D eigenvalue weighted by Gasteiger charge is 2.39. The molecular formula is C25H21F3N4O3S. The van der Waals surface area contributed by atoms with E-state index in [-0.39, 0.29) is 28.3 Å². The van der Waals surface area contributed by atoms with Gasteiger partial charge in [-0.25, -0.2) is 4.98 Å². The maximum atomic E-state index is 13.0. The molecule has 186 valence electrons. The molecule has 36 heavy (non-hydrogen) atoms. The fourth-order valence-corrected chi connectivity index (χ4v) is 5.07. The zero-order valence-corrected chi connectivity index (χ0v) is 19.7. The minimum Gasteiger partial charge on any atom is -0.381 e. The van der Waals surface area contributed by atoms with Crippen LogP contribution in [0.5, 0.6) is 0 Å². The minimum atomic E-state index is -4.74. The Balaban J connectivity index is 1.34. The van der Waals surface area contributed by atoms with Gasteiger partial charge in [-0.3, -0.25) is 4.79 Å². The molecule has 1 aliphatic heterocycles. The summed E-state index contributed by atoms with van der Waals surface area (Å²) in [4.78, 5) is 21.3. The van der Waals surface area contributed by atoms with Crippen LogP contribution in [0.15, 0.2) is 64.5 Å². The molecule has 0 spiro atoms. The molecule has 0 atom stereocenters. The summed E-state index contributed by atoms with van der Waals surface area (Å²) in [5.41, 5.74) is 2.08. The first-order chi connectivity index (χ1) is 17.3. The Morgan fingerprint density at radius 1 is 1.03 bits per heavy atom. The fraction of sp³-hybridized carbons (Fsp3) is 0.280. The smallest absolute Gasteiger partial charge is 0.381 e. The largest absolute Gasteiger partial charge is 0.471 e. The fourth-order valence-electron chi connectivity index (χ4n) is 4.12. The molecule has 1 aliphatic rings. The second-order valence-corrected chi connectivity index (χ2v) is 9.34. The van der Waals surface area contributed by atoms with Gasteiger partial charge in [0, 0.05) is 47.2 Å². The highest BCUT2D eigenvalue weighted by Crippen LogP contribution is 2.37. The van der Waals surface area contributed by atoms with Gasteiger partial charge in [0.25, 0.3) is 5.91 Å². The van der Waals surface area contributed by atoms with Crippen molar-refractivity contribution < 1.29 is 27.2 Å². The Labute approximate surface area is 208 Å². The van der Waals surface area contributed by atoms with E-state index in [1.54, 1.807) is 23.5 Å². The van der Waals surface area contributed by atoms with E-state index in [1.807, 2.05) is 35.7 Å². The molecule has 0 radical (unpaired) electrons. The van der Waals surface area contributed by atoms with Gasteiger partial charge < -0.3 is 14.6 Å². The summed E-state index contributed by atoms with van der Waals surface area (Å²) >= 11 is 1.56. The van der Waals surface area contributed by atoms with E-state index in [4.69, 9.17) is 9.72 Å². The zero-order valence-electron chi connectivity index (χ0n) is 18.9. The van der Waals surface area contributed by atoms with Gasteiger partial charge in [-0.15, -0.1) is 11.3 Å². The number of halogens is 3. The van der Waals surface area contributed by atoms with Crippen LogP contribution in [0.2, 0.25) is 0 Å². The average molecular weight is 515 g/mol. The highest BCUT2D eigenvalue weighted by atomic mass is 32.1. The van der Waals surface area contributed by atoms with E-state index in [9.17, 15) is 18.0 Å². The van der Waals surface area contributed by atoms with Crippen molar-refractivity contribution in [1.82, 2.24) is 20.4 Å². The predicted octanol–water partition coefficient (Wildman–Crippen LogP) is 5.36. The van der Waals surface area contributed by atoms with Crippen molar-refractivity contribution in [3.05, 3.63) is 77.1 Å². The second kappa shape index (κ2) is 9.82. The molecule has 0 bridgehead atoms. The first-order valence-corrected chi connectivity index (χ1v) is 12.1. The summed E-state index contributed by atoms with van der Waals surface area (Å²) in [5.74, 6) is -2.04. The molecule has 1 N–H and O–H groups in total. The Bertz CT molecular complexity index is 1350. The number of alkyl halides is 3. The molecule has 4 aromatic rings. The standard InChI is InChI=1S/C25H21F3N4O3S/c26-25(27,28)23-31-20(32-35-23)17-7-4-8-18(13-17)21(33)29-15-24(9-11-34-12-10-24)19-14-36-22(30-19)16-5-2-1-3-6-16/h1-8,13-14H,9-12,15H2,(H,29,33). The molecule has 0 unspecified atom stereocenters. The third kappa shape index (κ3) is 5.02. The molecule has 0 aliphatic carbocycles. The summed E-state index contributed by atoms with van der Waals surface area (Å²) in [5, 5.41) is 9.33.